The van der Waals surface area contributed by atoms with E-state index in [1.165, 1.54) is 11.1 Å². The fourth-order valence-corrected chi connectivity index (χ4v) is 1.67. The summed E-state index contributed by atoms with van der Waals surface area (Å²) in [4.78, 5) is 4.14. The molecule has 0 unspecified atom stereocenters. The standard InChI is InChI=1S/C13H14N2.2ClH/c1-10-3-2-4-11(7-10)13-9-15-6-5-12(13)8-14;;/h2-7,9H,8,14H2,1H3;2*1H. The van der Waals surface area contributed by atoms with Gasteiger partial charge in [-0.05, 0) is 24.1 Å². The van der Waals surface area contributed by atoms with Crippen LogP contribution in [0.4, 0.5) is 0 Å². The molecule has 1 heterocycles. The Morgan fingerprint density at radius 1 is 1.18 bits per heavy atom. The molecule has 4 heteroatoms. The Labute approximate surface area is 114 Å². The highest BCUT2D eigenvalue weighted by Crippen LogP contribution is 2.22. The fourth-order valence-electron chi connectivity index (χ4n) is 1.67. The van der Waals surface area contributed by atoms with E-state index in [1.807, 2.05) is 12.3 Å². The Morgan fingerprint density at radius 3 is 2.59 bits per heavy atom. The second-order valence-electron chi connectivity index (χ2n) is 3.61. The molecule has 0 bridgehead atoms. The summed E-state index contributed by atoms with van der Waals surface area (Å²) in [6, 6.07) is 10.3. The normalized spacial score (nSPS) is 9.06. The van der Waals surface area contributed by atoms with Gasteiger partial charge in [-0.2, -0.15) is 0 Å². The van der Waals surface area contributed by atoms with E-state index in [1.54, 1.807) is 6.20 Å². The van der Waals surface area contributed by atoms with Crippen LogP contribution in [0.2, 0.25) is 0 Å². The van der Waals surface area contributed by atoms with Gasteiger partial charge in [-0.3, -0.25) is 4.98 Å². The van der Waals surface area contributed by atoms with Gasteiger partial charge < -0.3 is 5.73 Å². The van der Waals surface area contributed by atoms with Gasteiger partial charge in [-0.1, -0.05) is 29.8 Å². The van der Waals surface area contributed by atoms with Crippen LogP contribution in [-0.4, -0.2) is 4.98 Å². The van der Waals surface area contributed by atoms with E-state index in [2.05, 4.69) is 36.2 Å². The molecule has 1 aromatic heterocycles. The van der Waals surface area contributed by atoms with E-state index >= 15 is 0 Å². The summed E-state index contributed by atoms with van der Waals surface area (Å²) in [5.41, 5.74) is 10.4. The van der Waals surface area contributed by atoms with Crippen molar-refractivity contribution in [3.63, 3.8) is 0 Å². The summed E-state index contributed by atoms with van der Waals surface area (Å²) in [5, 5.41) is 0. The zero-order chi connectivity index (χ0) is 10.7. The summed E-state index contributed by atoms with van der Waals surface area (Å²) in [5.74, 6) is 0. The minimum atomic E-state index is 0. The molecule has 0 amide bonds. The molecule has 2 rings (SSSR count). The van der Waals surface area contributed by atoms with Gasteiger partial charge in [0.25, 0.3) is 0 Å². The summed E-state index contributed by atoms with van der Waals surface area (Å²) >= 11 is 0. The largest absolute Gasteiger partial charge is 0.326 e. The number of aryl methyl sites for hydroxylation is 1. The molecule has 0 aliphatic heterocycles. The van der Waals surface area contributed by atoms with Crippen LogP contribution >= 0.6 is 24.8 Å². The molecule has 0 aliphatic carbocycles. The van der Waals surface area contributed by atoms with Crippen LogP contribution in [0, 0.1) is 6.92 Å². The minimum Gasteiger partial charge on any atom is -0.326 e. The summed E-state index contributed by atoms with van der Waals surface area (Å²) < 4.78 is 0. The third kappa shape index (κ3) is 3.70. The molecule has 1 aromatic carbocycles. The first-order valence-electron chi connectivity index (χ1n) is 5.01. The lowest BCUT2D eigenvalue weighted by atomic mass is 10.0. The molecule has 0 saturated carbocycles. The lowest BCUT2D eigenvalue weighted by molar-refractivity contribution is 1.06. The molecule has 2 nitrogen and oxygen atoms in total. The van der Waals surface area contributed by atoms with Crippen LogP contribution in [0.3, 0.4) is 0 Å². The average molecular weight is 271 g/mol. The van der Waals surface area contributed by atoms with Crippen molar-refractivity contribution in [2.45, 2.75) is 13.5 Å². The van der Waals surface area contributed by atoms with Crippen LogP contribution < -0.4 is 5.73 Å². The van der Waals surface area contributed by atoms with E-state index in [0.29, 0.717) is 6.54 Å². The van der Waals surface area contributed by atoms with Crippen molar-refractivity contribution >= 4 is 24.8 Å². The number of benzene rings is 1. The van der Waals surface area contributed by atoms with Crippen LogP contribution in [0.5, 0.6) is 0 Å². The Kier molecular flexibility index (Phi) is 6.81. The molecule has 2 aromatic rings. The predicted molar refractivity (Wildman–Crippen MR) is 76.8 cm³/mol. The molecule has 92 valence electrons. The first-order valence-corrected chi connectivity index (χ1v) is 5.01. The van der Waals surface area contributed by atoms with Crippen LogP contribution in [0.15, 0.2) is 42.7 Å². The Morgan fingerprint density at radius 2 is 1.94 bits per heavy atom. The minimum absolute atomic E-state index is 0. The monoisotopic (exact) mass is 270 g/mol. The molecule has 0 saturated heterocycles. The van der Waals surface area contributed by atoms with Crippen molar-refractivity contribution in [1.29, 1.82) is 0 Å². The van der Waals surface area contributed by atoms with Crippen molar-refractivity contribution in [3.05, 3.63) is 53.9 Å². The molecule has 17 heavy (non-hydrogen) atoms. The molecular formula is C13H16Cl2N2. The number of pyridine rings is 1. The van der Waals surface area contributed by atoms with E-state index in [4.69, 9.17) is 5.73 Å². The van der Waals surface area contributed by atoms with Gasteiger partial charge in [-0.25, -0.2) is 0 Å². The van der Waals surface area contributed by atoms with Crippen LogP contribution in [0.25, 0.3) is 11.1 Å². The topological polar surface area (TPSA) is 38.9 Å². The van der Waals surface area contributed by atoms with E-state index in [-0.39, 0.29) is 24.8 Å². The third-order valence-electron chi connectivity index (χ3n) is 2.46. The van der Waals surface area contributed by atoms with E-state index in [0.717, 1.165) is 11.1 Å². The second-order valence-corrected chi connectivity index (χ2v) is 3.61. The van der Waals surface area contributed by atoms with Gasteiger partial charge in [0, 0.05) is 24.5 Å². The fraction of sp³-hybridized carbons (Fsp3) is 0.154. The Bertz CT molecular complexity index is 472. The van der Waals surface area contributed by atoms with Gasteiger partial charge in [0.15, 0.2) is 0 Å². The molecular weight excluding hydrogens is 255 g/mol. The third-order valence-corrected chi connectivity index (χ3v) is 2.46. The Hall–Kier alpha value is -1.09. The lowest BCUT2D eigenvalue weighted by Crippen LogP contribution is -1.99. The lowest BCUT2D eigenvalue weighted by Gasteiger charge is -2.07. The number of aromatic nitrogens is 1. The van der Waals surface area contributed by atoms with Gasteiger partial charge in [0.05, 0.1) is 0 Å². The maximum absolute atomic E-state index is 5.70. The molecule has 0 atom stereocenters. The second kappa shape index (κ2) is 7.28. The zero-order valence-electron chi connectivity index (χ0n) is 9.59. The summed E-state index contributed by atoms with van der Waals surface area (Å²) in [6.45, 7) is 2.63. The zero-order valence-corrected chi connectivity index (χ0v) is 11.2. The predicted octanol–water partition coefficient (Wildman–Crippen LogP) is 3.36. The van der Waals surface area contributed by atoms with Gasteiger partial charge >= 0.3 is 0 Å². The van der Waals surface area contributed by atoms with Gasteiger partial charge in [0.1, 0.15) is 0 Å². The highest BCUT2D eigenvalue weighted by atomic mass is 35.5. The molecule has 0 aliphatic rings. The maximum atomic E-state index is 5.70. The first-order chi connectivity index (χ1) is 7.31. The van der Waals surface area contributed by atoms with Crippen LogP contribution in [-0.2, 0) is 6.54 Å². The summed E-state index contributed by atoms with van der Waals surface area (Å²) in [6.07, 6.45) is 3.65. The van der Waals surface area contributed by atoms with Crippen molar-refractivity contribution < 1.29 is 0 Å². The van der Waals surface area contributed by atoms with Crippen molar-refractivity contribution in [2.24, 2.45) is 5.73 Å². The van der Waals surface area contributed by atoms with E-state index < -0.39 is 0 Å². The molecule has 2 N–H and O–H groups in total. The number of halogens is 2. The molecule has 0 spiro atoms. The first kappa shape index (κ1) is 15.9. The highest BCUT2D eigenvalue weighted by molar-refractivity contribution is 5.85. The van der Waals surface area contributed by atoms with Crippen LogP contribution in [0.1, 0.15) is 11.1 Å². The Balaban J connectivity index is 0.00000128. The summed E-state index contributed by atoms with van der Waals surface area (Å²) in [7, 11) is 0. The SMILES string of the molecule is Cc1cccc(-c2cnccc2CN)c1.Cl.Cl. The molecule has 0 fully saturated rings. The number of rotatable bonds is 2. The van der Waals surface area contributed by atoms with Gasteiger partial charge in [-0.15, -0.1) is 24.8 Å². The maximum Gasteiger partial charge on any atom is 0.0349 e. The van der Waals surface area contributed by atoms with Crippen molar-refractivity contribution in [1.82, 2.24) is 4.98 Å². The van der Waals surface area contributed by atoms with E-state index in [9.17, 15) is 0 Å². The number of hydrogen-bond acceptors (Lipinski definition) is 2. The number of nitrogens with zero attached hydrogens (tertiary/aromatic N) is 1. The van der Waals surface area contributed by atoms with Crippen molar-refractivity contribution in [3.8, 4) is 11.1 Å². The van der Waals surface area contributed by atoms with Crippen molar-refractivity contribution in [2.75, 3.05) is 0 Å². The highest BCUT2D eigenvalue weighted by Gasteiger charge is 2.03. The molecule has 0 radical (unpaired) electrons. The number of nitrogens with two attached hydrogens (primary N) is 1. The van der Waals surface area contributed by atoms with Gasteiger partial charge in [0.2, 0.25) is 0 Å². The smallest absolute Gasteiger partial charge is 0.0349 e. The number of hydrogen-bond donors (Lipinski definition) is 1. The quantitative estimate of drug-likeness (QED) is 0.909. The average Bonchev–Trinajstić information content (AvgIpc) is 2.29.